The maximum absolute atomic E-state index is 12.3. The van der Waals surface area contributed by atoms with Gasteiger partial charge in [-0.3, -0.25) is 9.48 Å². The summed E-state index contributed by atoms with van der Waals surface area (Å²) in [5, 5.41) is 7.74. The molecule has 5 heteroatoms. The number of benzene rings is 2. The number of carbonyl (C=O) groups is 1. The van der Waals surface area contributed by atoms with Crippen LogP contribution in [0.1, 0.15) is 12.1 Å². The molecule has 0 fully saturated rings. The van der Waals surface area contributed by atoms with Gasteiger partial charge in [-0.05, 0) is 36.2 Å². The van der Waals surface area contributed by atoms with Crippen LogP contribution >= 0.6 is 11.6 Å². The lowest BCUT2D eigenvalue weighted by molar-refractivity contribution is -0.116. The van der Waals surface area contributed by atoms with E-state index in [0.29, 0.717) is 17.9 Å². The minimum Gasteiger partial charge on any atom is -0.326 e. The van der Waals surface area contributed by atoms with Crippen LogP contribution in [0.15, 0.2) is 60.8 Å². The number of hydrogen-bond acceptors (Lipinski definition) is 2. The first kappa shape index (κ1) is 16.3. The average molecular weight is 340 g/mol. The topological polar surface area (TPSA) is 46.9 Å². The van der Waals surface area contributed by atoms with E-state index < -0.39 is 0 Å². The molecule has 0 bridgehead atoms. The second kappa shape index (κ2) is 7.32. The van der Waals surface area contributed by atoms with Gasteiger partial charge < -0.3 is 5.32 Å². The van der Waals surface area contributed by atoms with E-state index in [9.17, 15) is 4.79 Å². The molecule has 4 nitrogen and oxygen atoms in total. The number of hydrogen-bond donors (Lipinski definition) is 1. The van der Waals surface area contributed by atoms with Gasteiger partial charge in [-0.1, -0.05) is 41.9 Å². The number of amides is 1. The molecule has 1 amide bonds. The molecule has 3 aromatic rings. The molecule has 1 heterocycles. The highest BCUT2D eigenvalue weighted by Gasteiger charge is 2.10. The average Bonchev–Trinajstić information content (AvgIpc) is 3.00. The van der Waals surface area contributed by atoms with Crippen molar-refractivity contribution in [3.05, 3.63) is 71.5 Å². The summed E-state index contributed by atoms with van der Waals surface area (Å²) in [6.07, 6.45) is 2.78. The van der Waals surface area contributed by atoms with Crippen molar-refractivity contribution in [2.45, 2.75) is 12.8 Å². The highest BCUT2D eigenvalue weighted by atomic mass is 35.5. The number of nitrogens with one attached hydrogen (secondary N) is 1. The zero-order valence-corrected chi connectivity index (χ0v) is 14.1. The summed E-state index contributed by atoms with van der Waals surface area (Å²) in [7, 11) is 1.87. The van der Waals surface area contributed by atoms with Crippen molar-refractivity contribution in [3.63, 3.8) is 0 Å². The van der Waals surface area contributed by atoms with Crippen molar-refractivity contribution in [3.8, 4) is 11.1 Å². The summed E-state index contributed by atoms with van der Waals surface area (Å²) in [6.45, 7) is 0. The Morgan fingerprint density at radius 2 is 1.96 bits per heavy atom. The highest BCUT2D eigenvalue weighted by Crippen LogP contribution is 2.30. The maximum Gasteiger partial charge on any atom is 0.224 e. The van der Waals surface area contributed by atoms with Gasteiger partial charge in [0.15, 0.2) is 0 Å². The number of anilines is 1. The van der Waals surface area contributed by atoms with E-state index in [1.54, 1.807) is 16.9 Å². The number of carbonyl (C=O) groups excluding carboxylic acids is 1. The Morgan fingerprint density at radius 1 is 1.17 bits per heavy atom. The SMILES string of the molecule is Cn1nccc1CCC(=O)Nc1ccc(Cl)cc1-c1ccccc1. The zero-order valence-electron chi connectivity index (χ0n) is 13.4. The predicted molar refractivity (Wildman–Crippen MR) is 97.0 cm³/mol. The van der Waals surface area contributed by atoms with Crippen LogP contribution in [0.4, 0.5) is 5.69 Å². The van der Waals surface area contributed by atoms with Gasteiger partial charge in [0, 0.05) is 41.6 Å². The van der Waals surface area contributed by atoms with E-state index in [1.165, 1.54) is 0 Å². The molecular weight excluding hydrogens is 322 g/mol. The number of nitrogens with zero attached hydrogens (tertiary/aromatic N) is 2. The summed E-state index contributed by atoms with van der Waals surface area (Å²) in [5.41, 5.74) is 3.73. The first-order chi connectivity index (χ1) is 11.6. The standard InChI is InChI=1S/C19H18ClN3O/c1-23-16(11-12-21-23)8-10-19(24)22-18-9-7-15(20)13-17(18)14-5-3-2-4-6-14/h2-7,9,11-13H,8,10H2,1H3,(H,22,24). The molecular formula is C19H18ClN3O. The molecule has 1 N–H and O–H groups in total. The molecule has 0 aliphatic carbocycles. The fourth-order valence-electron chi connectivity index (χ4n) is 2.58. The molecule has 122 valence electrons. The van der Waals surface area contributed by atoms with Crippen molar-refractivity contribution in [2.24, 2.45) is 7.05 Å². The minimum atomic E-state index is -0.0318. The molecule has 0 spiro atoms. The van der Waals surface area contributed by atoms with E-state index in [0.717, 1.165) is 22.5 Å². The molecule has 0 radical (unpaired) electrons. The molecule has 2 aromatic carbocycles. The second-order valence-electron chi connectivity index (χ2n) is 5.55. The lowest BCUT2D eigenvalue weighted by Gasteiger charge is -2.12. The van der Waals surface area contributed by atoms with Gasteiger partial charge in [-0.15, -0.1) is 0 Å². The normalized spacial score (nSPS) is 10.6. The quantitative estimate of drug-likeness (QED) is 0.752. The summed E-state index contributed by atoms with van der Waals surface area (Å²) in [4.78, 5) is 12.3. The summed E-state index contributed by atoms with van der Waals surface area (Å²) in [6, 6.07) is 17.3. The molecule has 24 heavy (non-hydrogen) atoms. The van der Waals surface area contributed by atoms with Gasteiger partial charge in [0.2, 0.25) is 5.91 Å². The fourth-order valence-corrected chi connectivity index (χ4v) is 2.75. The van der Waals surface area contributed by atoms with Crippen molar-refractivity contribution >= 4 is 23.2 Å². The van der Waals surface area contributed by atoms with Gasteiger partial charge in [-0.2, -0.15) is 5.10 Å². The Balaban J connectivity index is 1.75. The third-order valence-electron chi connectivity index (χ3n) is 3.87. The summed E-state index contributed by atoms with van der Waals surface area (Å²) < 4.78 is 1.78. The van der Waals surface area contributed by atoms with E-state index in [1.807, 2.05) is 55.6 Å². The Morgan fingerprint density at radius 3 is 2.67 bits per heavy atom. The fraction of sp³-hybridized carbons (Fsp3) is 0.158. The lowest BCUT2D eigenvalue weighted by Crippen LogP contribution is -2.14. The first-order valence-corrected chi connectivity index (χ1v) is 8.13. The molecule has 0 saturated heterocycles. The van der Waals surface area contributed by atoms with Gasteiger partial charge in [0.1, 0.15) is 0 Å². The maximum atomic E-state index is 12.3. The number of rotatable bonds is 5. The van der Waals surface area contributed by atoms with Crippen molar-refractivity contribution in [1.29, 1.82) is 0 Å². The smallest absolute Gasteiger partial charge is 0.224 e. The first-order valence-electron chi connectivity index (χ1n) is 7.75. The molecule has 0 atom stereocenters. The second-order valence-corrected chi connectivity index (χ2v) is 5.99. The molecule has 1 aromatic heterocycles. The van der Waals surface area contributed by atoms with E-state index in [-0.39, 0.29) is 5.91 Å². The van der Waals surface area contributed by atoms with Crippen LogP contribution in [0.25, 0.3) is 11.1 Å². The van der Waals surface area contributed by atoms with E-state index >= 15 is 0 Å². The summed E-state index contributed by atoms with van der Waals surface area (Å²) >= 11 is 6.13. The number of aromatic nitrogens is 2. The summed E-state index contributed by atoms with van der Waals surface area (Å²) in [5.74, 6) is -0.0318. The molecule has 0 aliphatic heterocycles. The van der Waals surface area contributed by atoms with Crippen molar-refractivity contribution in [2.75, 3.05) is 5.32 Å². The minimum absolute atomic E-state index is 0.0318. The van der Waals surface area contributed by atoms with Crippen LogP contribution in [0.3, 0.4) is 0 Å². The highest BCUT2D eigenvalue weighted by molar-refractivity contribution is 6.31. The third-order valence-corrected chi connectivity index (χ3v) is 4.11. The van der Waals surface area contributed by atoms with E-state index in [4.69, 9.17) is 11.6 Å². The van der Waals surface area contributed by atoms with Crippen LogP contribution in [-0.2, 0) is 18.3 Å². The molecule has 0 unspecified atom stereocenters. The zero-order chi connectivity index (χ0) is 16.9. The van der Waals surface area contributed by atoms with Gasteiger partial charge >= 0.3 is 0 Å². The van der Waals surface area contributed by atoms with Gasteiger partial charge in [0.05, 0.1) is 0 Å². The molecule has 0 saturated carbocycles. The molecule has 3 rings (SSSR count). The number of halogens is 1. The van der Waals surface area contributed by atoms with Gasteiger partial charge in [0.25, 0.3) is 0 Å². The van der Waals surface area contributed by atoms with Crippen LogP contribution in [-0.4, -0.2) is 15.7 Å². The van der Waals surface area contributed by atoms with Crippen molar-refractivity contribution < 1.29 is 4.79 Å². The van der Waals surface area contributed by atoms with Crippen LogP contribution < -0.4 is 5.32 Å². The van der Waals surface area contributed by atoms with Crippen LogP contribution in [0, 0.1) is 0 Å². The number of aryl methyl sites for hydroxylation is 2. The monoisotopic (exact) mass is 339 g/mol. The van der Waals surface area contributed by atoms with Crippen molar-refractivity contribution in [1.82, 2.24) is 9.78 Å². The Labute approximate surface area is 146 Å². The largest absolute Gasteiger partial charge is 0.326 e. The predicted octanol–water partition coefficient (Wildman–Crippen LogP) is 4.31. The van der Waals surface area contributed by atoms with E-state index in [2.05, 4.69) is 10.4 Å². The van der Waals surface area contributed by atoms with Crippen LogP contribution in [0.2, 0.25) is 5.02 Å². The third kappa shape index (κ3) is 3.84. The lowest BCUT2D eigenvalue weighted by atomic mass is 10.0. The van der Waals surface area contributed by atoms with Gasteiger partial charge in [-0.25, -0.2) is 0 Å². The van der Waals surface area contributed by atoms with Crippen LogP contribution in [0.5, 0.6) is 0 Å². The molecule has 0 aliphatic rings. The Hall–Kier alpha value is -2.59. The Bertz CT molecular complexity index is 843. The Kier molecular flexibility index (Phi) is 4.96.